The lowest BCUT2D eigenvalue weighted by molar-refractivity contribution is 0.0922. The zero-order chi connectivity index (χ0) is 13.8. The van der Waals surface area contributed by atoms with Crippen LogP contribution >= 0.6 is 0 Å². The van der Waals surface area contributed by atoms with Gasteiger partial charge in [0, 0.05) is 0 Å². The fraction of sp³-hybridized carbons (Fsp3) is 0.154. The van der Waals surface area contributed by atoms with E-state index in [1.54, 1.807) is 19.1 Å². The number of carbonyl (C=O) groups excluding carboxylic acids is 1. The van der Waals surface area contributed by atoms with Crippen LogP contribution in [-0.4, -0.2) is 5.91 Å². The third-order valence-electron chi connectivity index (χ3n) is 2.52. The molecule has 1 amide bonds. The minimum atomic E-state index is -0.510. The van der Waals surface area contributed by atoms with Gasteiger partial charge in [-0.15, -0.1) is 0 Å². The first-order valence-corrected chi connectivity index (χ1v) is 5.59. The summed E-state index contributed by atoms with van der Waals surface area (Å²) < 4.78 is 23.6. The van der Waals surface area contributed by atoms with Gasteiger partial charge in [-0.2, -0.15) is 0 Å². The molecule has 0 bridgehead atoms. The highest BCUT2D eigenvalue weighted by Crippen LogP contribution is 2.20. The largest absolute Gasteiger partial charge is 0.485 e. The molecule has 3 N–H and O–H groups in total. The van der Waals surface area contributed by atoms with E-state index in [0.717, 1.165) is 0 Å². The Balaban J connectivity index is 2.02. The molecular formula is C13H13FN2O3. The van der Waals surface area contributed by atoms with E-state index in [-0.39, 0.29) is 18.2 Å². The second-order valence-corrected chi connectivity index (χ2v) is 3.94. The van der Waals surface area contributed by atoms with Gasteiger partial charge in [0.1, 0.15) is 23.9 Å². The molecule has 1 aromatic heterocycles. The molecule has 0 fully saturated rings. The third-order valence-corrected chi connectivity index (χ3v) is 2.52. The first-order valence-electron chi connectivity index (χ1n) is 5.59. The summed E-state index contributed by atoms with van der Waals surface area (Å²) in [4.78, 5) is 11.2. The van der Waals surface area contributed by atoms with Gasteiger partial charge in [0.25, 0.3) is 0 Å². The standard InChI is InChI=1S/C13H13FN2O3/c1-8-6-9(14)2-4-11(8)18-7-10-3-5-12(19-10)13(17)16-15/h2-6H,7,15H2,1H3,(H,16,17). The Morgan fingerprint density at radius 2 is 2.21 bits per heavy atom. The Bertz CT molecular complexity index is 595. The predicted molar refractivity (Wildman–Crippen MR) is 65.8 cm³/mol. The summed E-state index contributed by atoms with van der Waals surface area (Å²) in [5.41, 5.74) is 2.66. The molecular weight excluding hydrogens is 251 g/mol. The molecule has 2 rings (SSSR count). The molecule has 2 aromatic rings. The maximum Gasteiger partial charge on any atom is 0.300 e. The highest BCUT2D eigenvalue weighted by molar-refractivity contribution is 5.90. The van der Waals surface area contributed by atoms with E-state index < -0.39 is 5.91 Å². The second kappa shape index (κ2) is 5.53. The van der Waals surface area contributed by atoms with Gasteiger partial charge in [0.05, 0.1) is 0 Å². The lowest BCUT2D eigenvalue weighted by Crippen LogP contribution is -2.29. The Kier molecular flexibility index (Phi) is 3.82. The molecule has 6 heteroatoms. The van der Waals surface area contributed by atoms with E-state index in [1.165, 1.54) is 18.2 Å². The zero-order valence-corrected chi connectivity index (χ0v) is 10.3. The van der Waals surface area contributed by atoms with Crippen molar-refractivity contribution in [2.45, 2.75) is 13.5 Å². The number of carbonyl (C=O) groups is 1. The summed E-state index contributed by atoms with van der Waals surface area (Å²) in [6, 6.07) is 7.35. The molecule has 1 aromatic carbocycles. The maximum absolute atomic E-state index is 12.9. The number of rotatable bonds is 4. The highest BCUT2D eigenvalue weighted by atomic mass is 19.1. The van der Waals surface area contributed by atoms with Gasteiger partial charge in [0.15, 0.2) is 5.76 Å². The number of ether oxygens (including phenoxy) is 1. The molecule has 100 valence electrons. The third kappa shape index (κ3) is 3.11. The van der Waals surface area contributed by atoms with Crippen LogP contribution in [0.4, 0.5) is 4.39 Å². The first kappa shape index (κ1) is 13.1. The molecule has 0 aliphatic heterocycles. The van der Waals surface area contributed by atoms with Crippen molar-refractivity contribution in [1.82, 2.24) is 5.43 Å². The summed E-state index contributed by atoms with van der Waals surface area (Å²) in [5, 5.41) is 0. The quantitative estimate of drug-likeness (QED) is 0.502. The number of aryl methyl sites for hydroxylation is 1. The number of hydrogen-bond acceptors (Lipinski definition) is 4. The van der Waals surface area contributed by atoms with Crippen LogP contribution in [0.1, 0.15) is 21.9 Å². The topological polar surface area (TPSA) is 77.5 Å². The average molecular weight is 264 g/mol. The predicted octanol–water partition coefficient (Wildman–Crippen LogP) is 1.91. The molecule has 19 heavy (non-hydrogen) atoms. The number of benzene rings is 1. The Hall–Kier alpha value is -2.34. The van der Waals surface area contributed by atoms with E-state index in [9.17, 15) is 9.18 Å². The number of nitrogen functional groups attached to an aromatic ring is 1. The fourth-order valence-electron chi connectivity index (χ4n) is 1.57. The normalized spacial score (nSPS) is 10.3. The van der Waals surface area contributed by atoms with Crippen molar-refractivity contribution in [3.63, 3.8) is 0 Å². The van der Waals surface area contributed by atoms with E-state index in [0.29, 0.717) is 17.1 Å². The van der Waals surface area contributed by atoms with Crippen molar-refractivity contribution < 1.29 is 18.3 Å². The molecule has 0 aliphatic carbocycles. The molecule has 0 aliphatic rings. The van der Waals surface area contributed by atoms with Gasteiger partial charge in [0.2, 0.25) is 0 Å². The van der Waals surface area contributed by atoms with Crippen LogP contribution in [0, 0.1) is 12.7 Å². The van der Waals surface area contributed by atoms with Crippen LogP contribution in [-0.2, 0) is 6.61 Å². The lowest BCUT2D eigenvalue weighted by Gasteiger charge is -2.07. The smallest absolute Gasteiger partial charge is 0.300 e. The molecule has 0 saturated heterocycles. The molecule has 0 spiro atoms. The van der Waals surface area contributed by atoms with Gasteiger partial charge in [-0.1, -0.05) is 0 Å². The summed E-state index contributed by atoms with van der Waals surface area (Å²) in [6.45, 7) is 1.89. The van der Waals surface area contributed by atoms with Crippen LogP contribution in [0.3, 0.4) is 0 Å². The van der Waals surface area contributed by atoms with Gasteiger partial charge in [-0.3, -0.25) is 10.2 Å². The SMILES string of the molecule is Cc1cc(F)ccc1OCc1ccc(C(=O)NN)o1. The van der Waals surface area contributed by atoms with Gasteiger partial charge in [-0.25, -0.2) is 10.2 Å². The van der Waals surface area contributed by atoms with E-state index >= 15 is 0 Å². The fourth-order valence-corrected chi connectivity index (χ4v) is 1.57. The van der Waals surface area contributed by atoms with Crippen molar-refractivity contribution in [2.24, 2.45) is 5.84 Å². The molecule has 0 unspecified atom stereocenters. The molecule has 0 radical (unpaired) electrons. The summed E-state index contributed by atoms with van der Waals surface area (Å²) in [7, 11) is 0. The Labute approximate surface area is 109 Å². The van der Waals surface area contributed by atoms with Crippen LogP contribution in [0.5, 0.6) is 5.75 Å². The highest BCUT2D eigenvalue weighted by Gasteiger charge is 2.10. The van der Waals surface area contributed by atoms with Crippen LogP contribution in [0.25, 0.3) is 0 Å². The average Bonchev–Trinajstić information content (AvgIpc) is 2.85. The lowest BCUT2D eigenvalue weighted by atomic mass is 10.2. The number of hydrazine groups is 1. The minimum absolute atomic E-state index is 0.108. The van der Waals surface area contributed by atoms with Gasteiger partial charge in [-0.05, 0) is 42.8 Å². The first-order chi connectivity index (χ1) is 9.10. The van der Waals surface area contributed by atoms with Gasteiger partial charge >= 0.3 is 5.91 Å². The number of furan rings is 1. The summed E-state index contributed by atoms with van der Waals surface area (Å²) >= 11 is 0. The number of halogens is 1. The van der Waals surface area contributed by atoms with Crippen molar-refractivity contribution in [3.8, 4) is 5.75 Å². The molecule has 0 atom stereocenters. The number of nitrogens with two attached hydrogens (primary N) is 1. The molecule has 0 saturated carbocycles. The van der Waals surface area contributed by atoms with E-state index in [4.69, 9.17) is 15.0 Å². The van der Waals surface area contributed by atoms with E-state index in [1.807, 2.05) is 5.43 Å². The number of nitrogens with one attached hydrogen (secondary N) is 1. The summed E-state index contributed by atoms with van der Waals surface area (Å²) in [6.07, 6.45) is 0. The monoisotopic (exact) mass is 264 g/mol. The van der Waals surface area contributed by atoms with E-state index in [2.05, 4.69) is 0 Å². The molecule has 1 heterocycles. The van der Waals surface area contributed by atoms with Crippen molar-refractivity contribution in [2.75, 3.05) is 0 Å². The van der Waals surface area contributed by atoms with Crippen LogP contribution in [0.15, 0.2) is 34.7 Å². The van der Waals surface area contributed by atoms with Crippen molar-refractivity contribution in [1.29, 1.82) is 0 Å². The maximum atomic E-state index is 12.9. The van der Waals surface area contributed by atoms with Crippen LogP contribution in [0.2, 0.25) is 0 Å². The Morgan fingerprint density at radius 1 is 1.42 bits per heavy atom. The Morgan fingerprint density at radius 3 is 2.89 bits per heavy atom. The van der Waals surface area contributed by atoms with Crippen LogP contribution < -0.4 is 16.0 Å². The number of amides is 1. The van der Waals surface area contributed by atoms with Crippen molar-refractivity contribution in [3.05, 3.63) is 53.2 Å². The molecule has 5 nitrogen and oxygen atoms in total. The zero-order valence-electron chi connectivity index (χ0n) is 10.3. The number of hydrogen-bond donors (Lipinski definition) is 2. The van der Waals surface area contributed by atoms with Gasteiger partial charge < -0.3 is 9.15 Å². The van der Waals surface area contributed by atoms with Crippen molar-refractivity contribution >= 4 is 5.91 Å². The second-order valence-electron chi connectivity index (χ2n) is 3.94. The minimum Gasteiger partial charge on any atom is -0.485 e. The summed E-state index contributed by atoms with van der Waals surface area (Å²) in [5.74, 6) is 5.30.